The van der Waals surface area contributed by atoms with E-state index in [0.717, 1.165) is 16.3 Å². The molecule has 0 saturated heterocycles. The summed E-state index contributed by atoms with van der Waals surface area (Å²) in [6, 6.07) is 11.7. The van der Waals surface area contributed by atoms with E-state index in [4.69, 9.17) is 10.5 Å². The van der Waals surface area contributed by atoms with Crippen molar-refractivity contribution in [1.29, 1.82) is 0 Å². The van der Waals surface area contributed by atoms with Crippen LogP contribution < -0.4 is 5.73 Å². The van der Waals surface area contributed by atoms with E-state index in [1.807, 2.05) is 57.2 Å². The molecule has 0 atom stereocenters. The number of carbonyl (C=O) groups is 1. The van der Waals surface area contributed by atoms with Gasteiger partial charge in [0, 0.05) is 11.1 Å². The first-order valence-electron chi connectivity index (χ1n) is 6.35. The summed E-state index contributed by atoms with van der Waals surface area (Å²) in [6.45, 7) is 5.57. The lowest BCUT2D eigenvalue weighted by atomic mass is 10.0. The van der Waals surface area contributed by atoms with E-state index in [9.17, 15) is 4.79 Å². The number of rotatable bonds is 2. The van der Waals surface area contributed by atoms with Crippen LogP contribution in [0.25, 0.3) is 10.8 Å². The van der Waals surface area contributed by atoms with Gasteiger partial charge in [0.15, 0.2) is 0 Å². The molecule has 0 aliphatic heterocycles. The molecule has 0 fully saturated rings. The van der Waals surface area contributed by atoms with Crippen molar-refractivity contribution in [3.05, 3.63) is 42.0 Å². The minimum Gasteiger partial charge on any atom is -0.460 e. The topological polar surface area (TPSA) is 52.3 Å². The van der Waals surface area contributed by atoms with Gasteiger partial charge in [0.05, 0.1) is 6.42 Å². The van der Waals surface area contributed by atoms with Crippen LogP contribution in [0.2, 0.25) is 0 Å². The summed E-state index contributed by atoms with van der Waals surface area (Å²) in [5.41, 5.74) is 7.12. The number of carbonyl (C=O) groups excluding carboxylic acids is 1. The third-order valence-electron chi connectivity index (χ3n) is 2.82. The van der Waals surface area contributed by atoms with Gasteiger partial charge in [-0.2, -0.15) is 0 Å². The number of benzene rings is 2. The summed E-state index contributed by atoms with van der Waals surface area (Å²) in [4.78, 5) is 11.8. The Morgan fingerprint density at radius 2 is 1.84 bits per heavy atom. The second-order valence-corrected chi connectivity index (χ2v) is 5.62. The molecule has 19 heavy (non-hydrogen) atoms. The number of hydrogen-bond donors (Lipinski definition) is 1. The van der Waals surface area contributed by atoms with E-state index in [0.29, 0.717) is 5.69 Å². The van der Waals surface area contributed by atoms with Crippen molar-refractivity contribution in [2.24, 2.45) is 0 Å². The largest absolute Gasteiger partial charge is 0.460 e. The van der Waals surface area contributed by atoms with Crippen LogP contribution in [0.1, 0.15) is 26.3 Å². The number of esters is 1. The first-order valence-corrected chi connectivity index (χ1v) is 6.35. The maximum atomic E-state index is 11.8. The molecule has 2 aromatic carbocycles. The van der Waals surface area contributed by atoms with Crippen LogP contribution in [0.5, 0.6) is 0 Å². The van der Waals surface area contributed by atoms with E-state index < -0.39 is 5.60 Å². The molecule has 0 bridgehead atoms. The Morgan fingerprint density at radius 1 is 1.16 bits per heavy atom. The van der Waals surface area contributed by atoms with Gasteiger partial charge in [0.1, 0.15) is 5.60 Å². The predicted molar refractivity (Wildman–Crippen MR) is 77.9 cm³/mol. The number of ether oxygens (including phenoxy) is 1. The smallest absolute Gasteiger partial charge is 0.310 e. The Hall–Kier alpha value is -2.03. The van der Waals surface area contributed by atoms with Gasteiger partial charge >= 0.3 is 5.97 Å². The molecule has 0 spiro atoms. The molecule has 0 aliphatic rings. The van der Waals surface area contributed by atoms with Crippen molar-refractivity contribution >= 4 is 22.4 Å². The van der Waals surface area contributed by atoms with Crippen LogP contribution in [-0.2, 0) is 16.0 Å². The molecule has 0 radical (unpaired) electrons. The number of nitrogens with two attached hydrogens (primary N) is 1. The molecule has 2 rings (SSSR count). The molecular weight excluding hydrogens is 238 g/mol. The van der Waals surface area contributed by atoms with Gasteiger partial charge in [-0.25, -0.2) is 0 Å². The maximum Gasteiger partial charge on any atom is 0.310 e. The molecule has 2 N–H and O–H groups in total. The Kier molecular flexibility index (Phi) is 3.47. The number of anilines is 1. The van der Waals surface area contributed by atoms with Gasteiger partial charge < -0.3 is 10.5 Å². The predicted octanol–water partition coefficient (Wildman–Crippen LogP) is 3.31. The maximum absolute atomic E-state index is 11.8. The summed E-state index contributed by atoms with van der Waals surface area (Å²) in [5, 5.41) is 2.05. The molecule has 2 aromatic rings. The van der Waals surface area contributed by atoms with Crippen LogP contribution in [0.3, 0.4) is 0 Å². The molecule has 0 aliphatic carbocycles. The Bertz CT molecular complexity index is 612. The molecule has 0 aromatic heterocycles. The van der Waals surface area contributed by atoms with Gasteiger partial charge in [0.2, 0.25) is 0 Å². The van der Waals surface area contributed by atoms with Crippen molar-refractivity contribution in [2.75, 3.05) is 5.73 Å². The highest BCUT2D eigenvalue weighted by molar-refractivity contribution is 5.95. The van der Waals surface area contributed by atoms with Crippen LogP contribution in [0, 0.1) is 0 Å². The van der Waals surface area contributed by atoms with Gasteiger partial charge in [-0.05, 0) is 31.7 Å². The van der Waals surface area contributed by atoms with Crippen molar-refractivity contribution in [3.8, 4) is 0 Å². The fourth-order valence-corrected chi connectivity index (χ4v) is 2.03. The zero-order valence-electron chi connectivity index (χ0n) is 11.6. The first-order chi connectivity index (χ1) is 8.87. The third-order valence-corrected chi connectivity index (χ3v) is 2.82. The molecule has 3 nitrogen and oxygen atoms in total. The van der Waals surface area contributed by atoms with Gasteiger partial charge in [-0.1, -0.05) is 36.4 Å². The van der Waals surface area contributed by atoms with Crippen molar-refractivity contribution in [2.45, 2.75) is 32.8 Å². The third kappa shape index (κ3) is 3.25. The van der Waals surface area contributed by atoms with E-state index in [1.165, 1.54) is 0 Å². The van der Waals surface area contributed by atoms with E-state index in [1.54, 1.807) is 0 Å². The van der Waals surface area contributed by atoms with Crippen LogP contribution >= 0.6 is 0 Å². The monoisotopic (exact) mass is 257 g/mol. The molecule has 3 heteroatoms. The normalized spacial score (nSPS) is 11.5. The van der Waals surface area contributed by atoms with Gasteiger partial charge in [-0.3, -0.25) is 4.79 Å². The SMILES string of the molecule is CC(C)(C)OC(=O)Cc1ccc2ccccc2c1N. The quantitative estimate of drug-likeness (QED) is 0.663. The Labute approximate surface area is 113 Å². The molecule has 0 unspecified atom stereocenters. The minimum atomic E-state index is -0.470. The highest BCUT2D eigenvalue weighted by atomic mass is 16.6. The van der Waals surface area contributed by atoms with Crippen LogP contribution in [0.15, 0.2) is 36.4 Å². The molecule has 100 valence electrons. The van der Waals surface area contributed by atoms with Crippen molar-refractivity contribution in [3.63, 3.8) is 0 Å². The lowest BCUT2D eigenvalue weighted by molar-refractivity contribution is -0.153. The Balaban J connectivity index is 2.26. The second-order valence-electron chi connectivity index (χ2n) is 5.62. The number of hydrogen-bond acceptors (Lipinski definition) is 3. The zero-order valence-corrected chi connectivity index (χ0v) is 11.6. The second kappa shape index (κ2) is 4.92. The van der Waals surface area contributed by atoms with Gasteiger partial charge in [-0.15, -0.1) is 0 Å². The summed E-state index contributed by atoms with van der Waals surface area (Å²) in [6.07, 6.45) is 0.202. The zero-order chi connectivity index (χ0) is 14.0. The number of fused-ring (bicyclic) bond motifs is 1. The average Bonchev–Trinajstić information content (AvgIpc) is 2.31. The van der Waals surface area contributed by atoms with E-state index in [2.05, 4.69) is 0 Å². The molecule has 0 amide bonds. The fraction of sp³-hybridized carbons (Fsp3) is 0.312. The average molecular weight is 257 g/mol. The lowest BCUT2D eigenvalue weighted by Crippen LogP contribution is -2.25. The molecule has 0 heterocycles. The van der Waals surface area contributed by atoms with E-state index in [-0.39, 0.29) is 12.4 Å². The highest BCUT2D eigenvalue weighted by Gasteiger charge is 2.17. The minimum absolute atomic E-state index is 0.202. The standard InChI is InChI=1S/C16H19NO2/c1-16(2,3)19-14(18)10-12-9-8-11-6-4-5-7-13(11)15(12)17/h4-9H,10,17H2,1-3H3. The summed E-state index contributed by atoms with van der Waals surface area (Å²) in [7, 11) is 0. The molecule has 0 saturated carbocycles. The van der Waals surface area contributed by atoms with Crippen molar-refractivity contribution < 1.29 is 9.53 Å². The lowest BCUT2D eigenvalue weighted by Gasteiger charge is -2.20. The fourth-order valence-electron chi connectivity index (χ4n) is 2.03. The first kappa shape index (κ1) is 13.4. The summed E-state index contributed by atoms with van der Waals surface area (Å²) >= 11 is 0. The van der Waals surface area contributed by atoms with Gasteiger partial charge in [0.25, 0.3) is 0 Å². The Morgan fingerprint density at radius 3 is 2.53 bits per heavy atom. The van der Waals surface area contributed by atoms with Crippen LogP contribution in [0.4, 0.5) is 5.69 Å². The summed E-state index contributed by atoms with van der Waals surface area (Å²) < 4.78 is 5.31. The van der Waals surface area contributed by atoms with E-state index >= 15 is 0 Å². The van der Waals surface area contributed by atoms with Crippen LogP contribution in [-0.4, -0.2) is 11.6 Å². The summed E-state index contributed by atoms with van der Waals surface area (Å²) in [5.74, 6) is -0.255. The van der Waals surface area contributed by atoms with Crippen molar-refractivity contribution in [1.82, 2.24) is 0 Å². The molecular formula is C16H19NO2. The number of nitrogen functional groups attached to an aromatic ring is 1. The highest BCUT2D eigenvalue weighted by Crippen LogP contribution is 2.25.